The lowest BCUT2D eigenvalue weighted by molar-refractivity contribution is 0.0925. The van der Waals surface area contributed by atoms with Crippen molar-refractivity contribution in [3.63, 3.8) is 0 Å². The minimum absolute atomic E-state index is 0.00178. The summed E-state index contributed by atoms with van der Waals surface area (Å²) < 4.78 is 0. The molecule has 0 saturated carbocycles. The second kappa shape index (κ2) is 6.56. The Balaban J connectivity index is 2.36. The van der Waals surface area contributed by atoms with Crippen molar-refractivity contribution in [3.05, 3.63) is 35.9 Å². The summed E-state index contributed by atoms with van der Waals surface area (Å²) in [5, 5.41) is 18.0. The largest absolute Gasteiger partial charge is 0.395 e. The fourth-order valence-electron chi connectivity index (χ4n) is 1.47. The second-order valence-electron chi connectivity index (χ2n) is 3.74. The van der Waals surface area contributed by atoms with Gasteiger partial charge in [-0.05, 0) is 19.0 Å². The van der Waals surface area contributed by atoms with E-state index in [0.29, 0.717) is 0 Å². The van der Waals surface area contributed by atoms with E-state index in [0.717, 1.165) is 13.0 Å². The van der Waals surface area contributed by atoms with Crippen LogP contribution in [0.25, 0.3) is 0 Å². The third kappa shape index (κ3) is 4.00. The standard InChI is InChI=1S/C12H19NO2/c1-13(12(9-14)10-15)8-7-11-5-3-2-4-6-11/h2-6,12,14-15H,7-10H2,1H3. The summed E-state index contributed by atoms with van der Waals surface area (Å²) in [4.78, 5) is 1.98. The summed E-state index contributed by atoms with van der Waals surface area (Å²) in [6, 6.07) is 10.1. The highest BCUT2D eigenvalue weighted by Gasteiger charge is 2.11. The molecule has 1 rings (SSSR count). The molecule has 15 heavy (non-hydrogen) atoms. The maximum atomic E-state index is 8.99. The first-order valence-corrected chi connectivity index (χ1v) is 5.23. The van der Waals surface area contributed by atoms with Crippen LogP contribution < -0.4 is 0 Å². The topological polar surface area (TPSA) is 43.7 Å². The number of aliphatic hydroxyl groups excluding tert-OH is 2. The third-order valence-corrected chi connectivity index (χ3v) is 2.64. The summed E-state index contributed by atoms with van der Waals surface area (Å²) in [6.07, 6.45) is 0.938. The van der Waals surface area contributed by atoms with E-state index in [1.54, 1.807) is 0 Å². The predicted molar refractivity (Wildman–Crippen MR) is 60.7 cm³/mol. The summed E-state index contributed by atoms with van der Waals surface area (Å²) in [6.45, 7) is 0.847. The molecule has 0 aliphatic heterocycles. The minimum atomic E-state index is -0.145. The van der Waals surface area contributed by atoms with Crippen molar-refractivity contribution in [3.8, 4) is 0 Å². The Labute approximate surface area is 91.0 Å². The van der Waals surface area contributed by atoms with Gasteiger partial charge in [0.05, 0.1) is 19.3 Å². The Morgan fingerprint density at radius 3 is 2.27 bits per heavy atom. The first kappa shape index (κ1) is 12.2. The van der Waals surface area contributed by atoms with Crippen molar-refractivity contribution < 1.29 is 10.2 Å². The summed E-state index contributed by atoms with van der Waals surface area (Å²) >= 11 is 0. The van der Waals surface area contributed by atoms with Crippen LogP contribution in [0.3, 0.4) is 0 Å². The molecule has 0 bridgehead atoms. The summed E-state index contributed by atoms with van der Waals surface area (Å²) in [5.74, 6) is 0. The molecule has 0 fully saturated rings. The molecule has 84 valence electrons. The van der Waals surface area contributed by atoms with Gasteiger partial charge in [-0.3, -0.25) is 4.90 Å². The maximum absolute atomic E-state index is 8.99. The van der Waals surface area contributed by atoms with Gasteiger partial charge < -0.3 is 10.2 Å². The van der Waals surface area contributed by atoms with Crippen molar-refractivity contribution in [1.82, 2.24) is 4.90 Å². The van der Waals surface area contributed by atoms with Crippen LogP contribution in [-0.2, 0) is 6.42 Å². The van der Waals surface area contributed by atoms with E-state index in [-0.39, 0.29) is 19.3 Å². The Kier molecular flexibility index (Phi) is 5.32. The Hall–Kier alpha value is -0.900. The number of benzene rings is 1. The van der Waals surface area contributed by atoms with Crippen LogP contribution in [0.2, 0.25) is 0 Å². The molecule has 0 spiro atoms. The van der Waals surface area contributed by atoms with Gasteiger partial charge in [-0.15, -0.1) is 0 Å². The lowest BCUT2D eigenvalue weighted by Crippen LogP contribution is -2.38. The van der Waals surface area contributed by atoms with Crippen molar-refractivity contribution >= 4 is 0 Å². The first-order valence-electron chi connectivity index (χ1n) is 5.23. The highest BCUT2D eigenvalue weighted by Crippen LogP contribution is 2.02. The number of aliphatic hydroxyl groups is 2. The molecule has 1 aromatic rings. The van der Waals surface area contributed by atoms with Gasteiger partial charge in [0, 0.05) is 6.54 Å². The number of rotatable bonds is 6. The first-order chi connectivity index (χ1) is 7.27. The lowest BCUT2D eigenvalue weighted by atomic mass is 10.1. The Bertz CT molecular complexity index is 260. The van der Waals surface area contributed by atoms with Gasteiger partial charge in [0.25, 0.3) is 0 Å². The fraction of sp³-hybridized carbons (Fsp3) is 0.500. The minimum Gasteiger partial charge on any atom is -0.395 e. The van der Waals surface area contributed by atoms with Crippen molar-refractivity contribution in [2.45, 2.75) is 12.5 Å². The van der Waals surface area contributed by atoms with Gasteiger partial charge >= 0.3 is 0 Å². The molecule has 0 radical (unpaired) electrons. The summed E-state index contributed by atoms with van der Waals surface area (Å²) in [7, 11) is 1.92. The van der Waals surface area contributed by atoms with Gasteiger partial charge in [0.2, 0.25) is 0 Å². The van der Waals surface area contributed by atoms with Crippen LogP contribution in [0, 0.1) is 0 Å². The highest BCUT2D eigenvalue weighted by molar-refractivity contribution is 5.14. The van der Waals surface area contributed by atoms with Gasteiger partial charge in [-0.25, -0.2) is 0 Å². The van der Waals surface area contributed by atoms with E-state index in [9.17, 15) is 0 Å². The maximum Gasteiger partial charge on any atom is 0.0609 e. The lowest BCUT2D eigenvalue weighted by Gasteiger charge is -2.24. The molecule has 1 aromatic carbocycles. The number of likely N-dealkylation sites (N-methyl/N-ethyl adjacent to an activating group) is 1. The SMILES string of the molecule is CN(CCc1ccccc1)C(CO)CO. The molecular formula is C12H19NO2. The third-order valence-electron chi connectivity index (χ3n) is 2.64. The smallest absolute Gasteiger partial charge is 0.0609 e. The molecule has 0 aromatic heterocycles. The molecule has 0 aliphatic carbocycles. The zero-order valence-electron chi connectivity index (χ0n) is 9.13. The van der Waals surface area contributed by atoms with E-state index in [1.165, 1.54) is 5.56 Å². The van der Waals surface area contributed by atoms with Gasteiger partial charge in [0.15, 0.2) is 0 Å². The molecule has 0 aliphatic rings. The summed E-state index contributed by atoms with van der Waals surface area (Å²) in [5.41, 5.74) is 1.28. The molecule has 3 nitrogen and oxygen atoms in total. The van der Waals surface area contributed by atoms with Crippen LogP contribution in [0.4, 0.5) is 0 Å². The van der Waals surface area contributed by atoms with Crippen molar-refractivity contribution in [2.24, 2.45) is 0 Å². The number of nitrogens with zero attached hydrogens (tertiary/aromatic N) is 1. The predicted octanol–water partition coefficient (Wildman–Crippen LogP) is 0.514. The number of hydrogen-bond donors (Lipinski definition) is 2. The van der Waals surface area contributed by atoms with E-state index < -0.39 is 0 Å². The van der Waals surface area contributed by atoms with Crippen molar-refractivity contribution in [1.29, 1.82) is 0 Å². The van der Waals surface area contributed by atoms with Gasteiger partial charge in [-0.1, -0.05) is 30.3 Å². The van der Waals surface area contributed by atoms with Crippen LogP contribution >= 0.6 is 0 Å². The Morgan fingerprint density at radius 1 is 1.13 bits per heavy atom. The van der Waals surface area contributed by atoms with Crippen molar-refractivity contribution in [2.75, 3.05) is 26.8 Å². The van der Waals surface area contributed by atoms with Crippen LogP contribution in [0.1, 0.15) is 5.56 Å². The second-order valence-corrected chi connectivity index (χ2v) is 3.74. The molecule has 2 N–H and O–H groups in total. The zero-order valence-corrected chi connectivity index (χ0v) is 9.13. The zero-order chi connectivity index (χ0) is 11.1. The van der Waals surface area contributed by atoms with E-state index in [1.807, 2.05) is 30.1 Å². The van der Waals surface area contributed by atoms with Gasteiger partial charge in [0.1, 0.15) is 0 Å². The molecule has 0 saturated heterocycles. The average molecular weight is 209 g/mol. The van der Waals surface area contributed by atoms with Crippen LogP contribution in [0.15, 0.2) is 30.3 Å². The molecular weight excluding hydrogens is 190 g/mol. The highest BCUT2D eigenvalue weighted by atomic mass is 16.3. The molecule has 3 heteroatoms. The van der Waals surface area contributed by atoms with E-state index >= 15 is 0 Å². The fourth-order valence-corrected chi connectivity index (χ4v) is 1.47. The monoisotopic (exact) mass is 209 g/mol. The van der Waals surface area contributed by atoms with E-state index in [4.69, 9.17) is 10.2 Å². The van der Waals surface area contributed by atoms with Crippen LogP contribution in [-0.4, -0.2) is 48.0 Å². The Morgan fingerprint density at radius 2 is 1.73 bits per heavy atom. The van der Waals surface area contributed by atoms with Gasteiger partial charge in [-0.2, -0.15) is 0 Å². The molecule has 0 heterocycles. The molecule has 0 unspecified atom stereocenters. The average Bonchev–Trinajstić information content (AvgIpc) is 2.29. The normalized spacial score (nSPS) is 11.3. The quantitative estimate of drug-likeness (QED) is 0.717. The number of hydrogen-bond acceptors (Lipinski definition) is 3. The van der Waals surface area contributed by atoms with Crippen LogP contribution in [0.5, 0.6) is 0 Å². The molecule has 0 atom stereocenters. The molecule has 0 amide bonds. The van der Waals surface area contributed by atoms with E-state index in [2.05, 4.69) is 12.1 Å².